The standard InChI is InChI=1S/C11H11N3O/c1-3-10(15)13-9-7-12-11-8(2)5-4-6-14(9)11/h3-7H,1H2,2H3,(H,13,15). The summed E-state index contributed by atoms with van der Waals surface area (Å²) in [4.78, 5) is 15.4. The number of carbonyl (C=O) groups excluding carboxylic acids is 1. The van der Waals surface area contributed by atoms with E-state index >= 15 is 0 Å². The first-order valence-electron chi connectivity index (χ1n) is 4.58. The van der Waals surface area contributed by atoms with Crippen LogP contribution in [0.25, 0.3) is 5.65 Å². The lowest BCUT2D eigenvalue weighted by Gasteiger charge is -2.02. The van der Waals surface area contributed by atoms with Gasteiger partial charge in [0, 0.05) is 6.20 Å². The van der Waals surface area contributed by atoms with Crippen molar-refractivity contribution in [2.24, 2.45) is 0 Å². The molecule has 1 amide bonds. The van der Waals surface area contributed by atoms with Gasteiger partial charge in [0.25, 0.3) is 0 Å². The highest BCUT2D eigenvalue weighted by Gasteiger charge is 2.05. The molecule has 0 fully saturated rings. The molecule has 4 heteroatoms. The number of anilines is 1. The third-order valence-corrected chi connectivity index (χ3v) is 2.17. The minimum absolute atomic E-state index is 0.238. The van der Waals surface area contributed by atoms with E-state index in [1.165, 1.54) is 6.08 Å². The molecule has 2 aromatic heterocycles. The molecule has 0 atom stereocenters. The number of fused-ring (bicyclic) bond motifs is 1. The summed E-state index contributed by atoms with van der Waals surface area (Å²) in [5, 5.41) is 2.69. The molecule has 0 saturated carbocycles. The van der Waals surface area contributed by atoms with Gasteiger partial charge < -0.3 is 5.32 Å². The van der Waals surface area contributed by atoms with Crippen molar-refractivity contribution in [3.8, 4) is 0 Å². The van der Waals surface area contributed by atoms with Crippen molar-refractivity contribution in [2.45, 2.75) is 6.92 Å². The largest absolute Gasteiger partial charge is 0.307 e. The number of hydrogen-bond donors (Lipinski definition) is 1. The average molecular weight is 201 g/mol. The van der Waals surface area contributed by atoms with Crippen LogP contribution in [-0.4, -0.2) is 15.3 Å². The lowest BCUT2D eigenvalue weighted by Crippen LogP contribution is -2.09. The number of hydrogen-bond acceptors (Lipinski definition) is 2. The molecule has 0 aromatic carbocycles. The van der Waals surface area contributed by atoms with Crippen LogP contribution in [0.5, 0.6) is 0 Å². The molecule has 15 heavy (non-hydrogen) atoms. The van der Waals surface area contributed by atoms with Crippen LogP contribution in [0.4, 0.5) is 5.82 Å². The van der Waals surface area contributed by atoms with Crippen molar-refractivity contribution < 1.29 is 4.79 Å². The Kier molecular flexibility index (Phi) is 2.25. The highest BCUT2D eigenvalue weighted by Crippen LogP contribution is 2.14. The zero-order valence-electron chi connectivity index (χ0n) is 8.40. The van der Waals surface area contributed by atoms with E-state index in [0.717, 1.165) is 11.2 Å². The second-order valence-corrected chi connectivity index (χ2v) is 3.22. The fourth-order valence-corrected chi connectivity index (χ4v) is 1.42. The monoisotopic (exact) mass is 201 g/mol. The van der Waals surface area contributed by atoms with Crippen LogP contribution in [0.15, 0.2) is 37.2 Å². The van der Waals surface area contributed by atoms with Crippen molar-refractivity contribution in [1.29, 1.82) is 0 Å². The van der Waals surface area contributed by atoms with Crippen LogP contribution in [0.3, 0.4) is 0 Å². The van der Waals surface area contributed by atoms with Crippen molar-refractivity contribution in [3.05, 3.63) is 42.7 Å². The summed E-state index contributed by atoms with van der Waals surface area (Å²) in [6.45, 7) is 5.37. The number of rotatable bonds is 2. The van der Waals surface area contributed by atoms with Crippen molar-refractivity contribution >= 4 is 17.4 Å². The van der Waals surface area contributed by atoms with Crippen LogP contribution < -0.4 is 5.32 Å². The Morgan fingerprint density at radius 3 is 3.20 bits per heavy atom. The van der Waals surface area contributed by atoms with E-state index in [0.29, 0.717) is 5.82 Å². The SMILES string of the molecule is C=CC(=O)Nc1cnc2c(C)cccn12. The molecule has 2 aromatic rings. The first-order chi connectivity index (χ1) is 7.22. The van der Waals surface area contributed by atoms with Gasteiger partial charge in [-0.1, -0.05) is 12.6 Å². The first kappa shape index (κ1) is 9.45. The molecule has 76 valence electrons. The van der Waals surface area contributed by atoms with E-state index in [4.69, 9.17) is 0 Å². The Hall–Kier alpha value is -2.10. The molecule has 1 N–H and O–H groups in total. The first-order valence-corrected chi connectivity index (χ1v) is 4.58. The normalized spacial score (nSPS) is 10.2. The van der Waals surface area contributed by atoms with E-state index < -0.39 is 0 Å². The van der Waals surface area contributed by atoms with Crippen molar-refractivity contribution in [2.75, 3.05) is 5.32 Å². The van der Waals surface area contributed by atoms with Crippen LogP contribution >= 0.6 is 0 Å². The topological polar surface area (TPSA) is 46.4 Å². The maximum absolute atomic E-state index is 11.1. The molecule has 0 aliphatic carbocycles. The average Bonchev–Trinajstić information content (AvgIpc) is 2.63. The summed E-state index contributed by atoms with van der Waals surface area (Å²) in [5.41, 5.74) is 1.91. The molecule has 0 aliphatic heterocycles. The maximum atomic E-state index is 11.1. The summed E-state index contributed by atoms with van der Waals surface area (Å²) >= 11 is 0. The van der Waals surface area contributed by atoms with Gasteiger partial charge >= 0.3 is 0 Å². The molecule has 2 rings (SSSR count). The van der Waals surface area contributed by atoms with E-state index in [9.17, 15) is 4.79 Å². The number of aromatic nitrogens is 2. The Labute approximate surface area is 87.3 Å². The Morgan fingerprint density at radius 1 is 1.67 bits per heavy atom. The quantitative estimate of drug-likeness (QED) is 0.752. The van der Waals surface area contributed by atoms with Crippen LogP contribution in [0, 0.1) is 6.92 Å². The Bertz CT molecular complexity index is 528. The summed E-state index contributed by atoms with van der Waals surface area (Å²) in [5.74, 6) is 0.414. The van der Waals surface area contributed by atoms with Gasteiger partial charge in [-0.05, 0) is 24.6 Å². The number of nitrogens with one attached hydrogen (secondary N) is 1. The maximum Gasteiger partial charge on any atom is 0.248 e. The van der Waals surface area contributed by atoms with Gasteiger partial charge in [-0.15, -0.1) is 0 Å². The van der Waals surface area contributed by atoms with Crippen LogP contribution in [-0.2, 0) is 4.79 Å². The van der Waals surface area contributed by atoms with Gasteiger partial charge in [0.2, 0.25) is 5.91 Å². The number of amides is 1. The Balaban J connectivity index is 2.49. The molecule has 0 spiro atoms. The smallest absolute Gasteiger partial charge is 0.248 e. The Morgan fingerprint density at radius 2 is 2.47 bits per heavy atom. The van der Waals surface area contributed by atoms with Crippen molar-refractivity contribution in [3.63, 3.8) is 0 Å². The van der Waals surface area contributed by atoms with E-state index in [1.54, 1.807) is 6.20 Å². The van der Waals surface area contributed by atoms with Gasteiger partial charge in [-0.25, -0.2) is 4.98 Å². The summed E-state index contributed by atoms with van der Waals surface area (Å²) in [7, 11) is 0. The third-order valence-electron chi connectivity index (χ3n) is 2.17. The van der Waals surface area contributed by atoms with Gasteiger partial charge in [0.15, 0.2) is 0 Å². The number of nitrogens with zero attached hydrogens (tertiary/aromatic N) is 2. The second kappa shape index (κ2) is 3.57. The molecule has 2 heterocycles. The van der Waals surface area contributed by atoms with Gasteiger partial charge in [-0.3, -0.25) is 9.20 Å². The fourth-order valence-electron chi connectivity index (χ4n) is 1.42. The molecular weight excluding hydrogens is 190 g/mol. The summed E-state index contributed by atoms with van der Waals surface area (Å²) in [6, 6.07) is 3.88. The number of imidazole rings is 1. The highest BCUT2D eigenvalue weighted by molar-refractivity contribution is 5.98. The zero-order chi connectivity index (χ0) is 10.8. The lowest BCUT2D eigenvalue weighted by molar-refractivity contribution is -0.111. The van der Waals surface area contributed by atoms with Gasteiger partial charge in [0.05, 0.1) is 6.20 Å². The minimum atomic E-state index is -0.238. The second-order valence-electron chi connectivity index (χ2n) is 3.22. The molecule has 0 radical (unpaired) electrons. The molecule has 0 aliphatic rings. The number of carbonyl (C=O) groups is 1. The fraction of sp³-hybridized carbons (Fsp3) is 0.0909. The van der Waals surface area contributed by atoms with Crippen LogP contribution in [0.2, 0.25) is 0 Å². The zero-order valence-corrected chi connectivity index (χ0v) is 8.40. The van der Waals surface area contributed by atoms with Crippen molar-refractivity contribution in [1.82, 2.24) is 9.38 Å². The third kappa shape index (κ3) is 1.61. The summed E-state index contributed by atoms with van der Waals surface area (Å²) in [6.07, 6.45) is 4.72. The number of aryl methyl sites for hydroxylation is 1. The molecular formula is C11H11N3O. The molecule has 4 nitrogen and oxygen atoms in total. The van der Waals surface area contributed by atoms with Gasteiger partial charge in [0.1, 0.15) is 11.5 Å². The van der Waals surface area contributed by atoms with Gasteiger partial charge in [-0.2, -0.15) is 0 Å². The molecule has 0 bridgehead atoms. The lowest BCUT2D eigenvalue weighted by atomic mass is 10.3. The minimum Gasteiger partial charge on any atom is -0.307 e. The highest BCUT2D eigenvalue weighted by atomic mass is 16.1. The number of pyridine rings is 1. The molecule has 0 unspecified atom stereocenters. The molecule has 0 saturated heterocycles. The van der Waals surface area contributed by atoms with E-state index in [1.807, 2.05) is 29.7 Å². The van der Waals surface area contributed by atoms with E-state index in [2.05, 4.69) is 16.9 Å². The predicted octanol–water partition coefficient (Wildman–Crippen LogP) is 1.77. The summed E-state index contributed by atoms with van der Waals surface area (Å²) < 4.78 is 1.83. The predicted molar refractivity (Wildman–Crippen MR) is 58.8 cm³/mol. The van der Waals surface area contributed by atoms with Crippen LogP contribution in [0.1, 0.15) is 5.56 Å². The van der Waals surface area contributed by atoms with E-state index in [-0.39, 0.29) is 5.91 Å².